The summed E-state index contributed by atoms with van der Waals surface area (Å²) < 4.78 is 0. The number of nitro benzene ring substituents is 1. The first-order valence-corrected chi connectivity index (χ1v) is 6.25. The van der Waals surface area contributed by atoms with Gasteiger partial charge in [0.05, 0.1) is 4.92 Å². The van der Waals surface area contributed by atoms with Crippen molar-refractivity contribution >= 4 is 11.6 Å². The Balaban J connectivity index is 2.98. The Labute approximate surface area is 112 Å². The number of benzene rings is 1. The standard InChI is InChI=1S/C13H19N3O3/c1-3-4-10(8-14)15-13(17)11-7-9(2)5-6-12(11)16(18)19/h5-7,10H,3-4,8,14H2,1-2H3,(H,15,17). The van der Waals surface area contributed by atoms with Gasteiger partial charge in [-0.1, -0.05) is 19.4 Å². The molecule has 0 aliphatic heterocycles. The van der Waals surface area contributed by atoms with Crippen LogP contribution in [0.2, 0.25) is 0 Å². The first-order valence-electron chi connectivity index (χ1n) is 6.25. The van der Waals surface area contributed by atoms with Crippen LogP contribution in [0.4, 0.5) is 5.69 Å². The number of aryl methyl sites for hydroxylation is 1. The van der Waals surface area contributed by atoms with Crippen molar-refractivity contribution < 1.29 is 9.72 Å². The fraction of sp³-hybridized carbons (Fsp3) is 0.462. The summed E-state index contributed by atoms with van der Waals surface area (Å²) in [6.45, 7) is 4.09. The molecule has 0 aliphatic carbocycles. The minimum absolute atomic E-state index is 0.0829. The number of nitro groups is 1. The Morgan fingerprint density at radius 1 is 1.53 bits per heavy atom. The minimum Gasteiger partial charge on any atom is -0.348 e. The molecule has 0 aromatic heterocycles. The van der Waals surface area contributed by atoms with E-state index in [1.807, 2.05) is 6.92 Å². The van der Waals surface area contributed by atoms with Gasteiger partial charge in [0, 0.05) is 18.7 Å². The van der Waals surface area contributed by atoms with Crippen LogP contribution in [0.3, 0.4) is 0 Å². The molecule has 0 fully saturated rings. The average Bonchev–Trinajstić information content (AvgIpc) is 2.37. The summed E-state index contributed by atoms with van der Waals surface area (Å²) in [6, 6.07) is 4.33. The third-order valence-corrected chi connectivity index (χ3v) is 2.85. The Hall–Kier alpha value is -1.95. The van der Waals surface area contributed by atoms with Gasteiger partial charge in [-0.2, -0.15) is 0 Å². The number of carbonyl (C=O) groups is 1. The van der Waals surface area contributed by atoms with Crippen molar-refractivity contribution in [2.45, 2.75) is 32.7 Å². The highest BCUT2D eigenvalue weighted by Gasteiger charge is 2.21. The van der Waals surface area contributed by atoms with Crippen molar-refractivity contribution in [2.24, 2.45) is 5.73 Å². The van der Waals surface area contributed by atoms with E-state index in [2.05, 4.69) is 5.32 Å². The number of hydrogen-bond donors (Lipinski definition) is 2. The Morgan fingerprint density at radius 3 is 2.74 bits per heavy atom. The van der Waals surface area contributed by atoms with Gasteiger partial charge in [-0.3, -0.25) is 14.9 Å². The molecule has 1 amide bonds. The largest absolute Gasteiger partial charge is 0.348 e. The van der Waals surface area contributed by atoms with Gasteiger partial charge in [0.15, 0.2) is 0 Å². The molecular weight excluding hydrogens is 246 g/mol. The van der Waals surface area contributed by atoms with Crippen molar-refractivity contribution in [2.75, 3.05) is 6.54 Å². The van der Waals surface area contributed by atoms with E-state index in [4.69, 9.17) is 5.73 Å². The summed E-state index contributed by atoms with van der Waals surface area (Å²) in [5, 5.41) is 13.7. The molecule has 104 valence electrons. The summed E-state index contributed by atoms with van der Waals surface area (Å²) >= 11 is 0. The second-order valence-corrected chi connectivity index (χ2v) is 4.47. The SMILES string of the molecule is CCCC(CN)NC(=O)c1cc(C)ccc1[N+](=O)[O-]. The maximum atomic E-state index is 12.1. The molecule has 1 unspecified atom stereocenters. The molecule has 1 aromatic rings. The summed E-state index contributed by atoms with van der Waals surface area (Å²) in [6.07, 6.45) is 1.64. The third-order valence-electron chi connectivity index (χ3n) is 2.85. The van der Waals surface area contributed by atoms with E-state index in [1.165, 1.54) is 12.1 Å². The van der Waals surface area contributed by atoms with Gasteiger partial charge < -0.3 is 11.1 Å². The molecule has 0 aliphatic rings. The van der Waals surface area contributed by atoms with Crippen LogP contribution in [0.5, 0.6) is 0 Å². The molecule has 0 heterocycles. The summed E-state index contributed by atoms with van der Waals surface area (Å²) in [5.74, 6) is -0.445. The van der Waals surface area contributed by atoms with E-state index in [0.717, 1.165) is 18.4 Å². The quantitative estimate of drug-likeness (QED) is 0.604. The van der Waals surface area contributed by atoms with Crippen molar-refractivity contribution in [3.8, 4) is 0 Å². The monoisotopic (exact) mass is 265 g/mol. The van der Waals surface area contributed by atoms with Gasteiger partial charge >= 0.3 is 0 Å². The van der Waals surface area contributed by atoms with Gasteiger partial charge in [-0.25, -0.2) is 0 Å². The highest BCUT2D eigenvalue weighted by molar-refractivity contribution is 5.98. The lowest BCUT2D eigenvalue weighted by Gasteiger charge is -2.16. The van der Waals surface area contributed by atoms with Crippen molar-refractivity contribution in [3.63, 3.8) is 0 Å². The summed E-state index contributed by atoms with van der Waals surface area (Å²) in [7, 11) is 0. The average molecular weight is 265 g/mol. The normalized spacial score (nSPS) is 11.9. The van der Waals surface area contributed by atoms with Crippen molar-refractivity contribution in [1.29, 1.82) is 0 Å². The van der Waals surface area contributed by atoms with Crippen molar-refractivity contribution in [3.05, 3.63) is 39.4 Å². The van der Waals surface area contributed by atoms with E-state index in [-0.39, 0.29) is 17.3 Å². The lowest BCUT2D eigenvalue weighted by Crippen LogP contribution is -2.40. The molecule has 1 atom stereocenters. The van der Waals surface area contributed by atoms with E-state index >= 15 is 0 Å². The molecule has 1 rings (SSSR count). The predicted octanol–water partition coefficient (Wildman–Crippen LogP) is 1.76. The van der Waals surface area contributed by atoms with E-state index in [9.17, 15) is 14.9 Å². The van der Waals surface area contributed by atoms with Crippen LogP contribution >= 0.6 is 0 Å². The first kappa shape index (κ1) is 15.1. The number of amides is 1. The zero-order valence-corrected chi connectivity index (χ0v) is 11.2. The molecular formula is C13H19N3O3. The van der Waals surface area contributed by atoms with Gasteiger partial charge in [0.25, 0.3) is 11.6 Å². The molecule has 0 radical (unpaired) electrons. The highest BCUT2D eigenvalue weighted by Crippen LogP contribution is 2.19. The fourth-order valence-electron chi connectivity index (χ4n) is 1.85. The van der Waals surface area contributed by atoms with Crippen LogP contribution in [0.15, 0.2) is 18.2 Å². The van der Waals surface area contributed by atoms with E-state index in [0.29, 0.717) is 6.54 Å². The zero-order chi connectivity index (χ0) is 14.4. The van der Waals surface area contributed by atoms with Crippen LogP contribution in [-0.4, -0.2) is 23.4 Å². The van der Waals surface area contributed by atoms with Gasteiger partial charge in [-0.15, -0.1) is 0 Å². The van der Waals surface area contributed by atoms with Crippen LogP contribution in [0.1, 0.15) is 35.7 Å². The summed E-state index contributed by atoms with van der Waals surface area (Å²) in [5.41, 5.74) is 6.26. The second-order valence-electron chi connectivity index (χ2n) is 4.47. The van der Waals surface area contributed by atoms with Crippen LogP contribution < -0.4 is 11.1 Å². The van der Waals surface area contributed by atoms with Crippen LogP contribution in [-0.2, 0) is 0 Å². The Bertz CT molecular complexity index is 474. The first-order chi connectivity index (χ1) is 8.99. The topological polar surface area (TPSA) is 98.3 Å². The molecule has 0 saturated carbocycles. The minimum atomic E-state index is -0.550. The van der Waals surface area contributed by atoms with Crippen molar-refractivity contribution in [1.82, 2.24) is 5.32 Å². The number of hydrogen-bond acceptors (Lipinski definition) is 4. The Kier molecular flexibility index (Phi) is 5.44. The zero-order valence-electron chi connectivity index (χ0n) is 11.2. The van der Waals surface area contributed by atoms with Crippen LogP contribution in [0, 0.1) is 17.0 Å². The second kappa shape index (κ2) is 6.84. The van der Waals surface area contributed by atoms with Gasteiger partial charge in [0.2, 0.25) is 0 Å². The summed E-state index contributed by atoms with van der Waals surface area (Å²) in [4.78, 5) is 22.5. The number of rotatable bonds is 6. The molecule has 0 saturated heterocycles. The lowest BCUT2D eigenvalue weighted by molar-refractivity contribution is -0.385. The maximum absolute atomic E-state index is 12.1. The molecule has 1 aromatic carbocycles. The van der Waals surface area contributed by atoms with Crippen LogP contribution in [0.25, 0.3) is 0 Å². The molecule has 6 nitrogen and oxygen atoms in total. The maximum Gasteiger partial charge on any atom is 0.282 e. The lowest BCUT2D eigenvalue weighted by atomic mass is 10.1. The van der Waals surface area contributed by atoms with E-state index in [1.54, 1.807) is 13.0 Å². The molecule has 0 bridgehead atoms. The van der Waals surface area contributed by atoms with E-state index < -0.39 is 10.8 Å². The fourth-order valence-corrected chi connectivity index (χ4v) is 1.85. The molecule has 3 N–H and O–H groups in total. The highest BCUT2D eigenvalue weighted by atomic mass is 16.6. The molecule has 19 heavy (non-hydrogen) atoms. The molecule has 0 spiro atoms. The van der Waals surface area contributed by atoms with Gasteiger partial charge in [0.1, 0.15) is 5.56 Å². The predicted molar refractivity (Wildman–Crippen MR) is 73.1 cm³/mol. The number of nitrogens with zero attached hydrogens (tertiary/aromatic N) is 1. The van der Waals surface area contributed by atoms with Gasteiger partial charge in [-0.05, 0) is 25.0 Å². The number of carbonyl (C=O) groups excluding carboxylic acids is 1. The Morgan fingerprint density at radius 2 is 2.21 bits per heavy atom. The number of nitrogens with one attached hydrogen (secondary N) is 1. The molecule has 6 heteroatoms. The number of nitrogens with two attached hydrogens (primary N) is 1. The third kappa shape index (κ3) is 4.03. The smallest absolute Gasteiger partial charge is 0.282 e.